The Morgan fingerprint density at radius 1 is 0.935 bits per heavy atom. The number of carbonyl (C=O) groups is 6. The number of ether oxygens (including phenoxy) is 1. The molecule has 3 aliphatic heterocycles. The van der Waals surface area contributed by atoms with Gasteiger partial charge >= 0.3 is 0 Å². The van der Waals surface area contributed by atoms with Crippen molar-refractivity contribution in [1.82, 2.24) is 30.1 Å². The number of aromatic nitrogens is 3. The number of benzene rings is 3. The number of pyridine rings is 1. The highest BCUT2D eigenvalue weighted by Gasteiger charge is 2.45. The van der Waals surface area contributed by atoms with E-state index < -0.39 is 41.4 Å². The number of fused-ring (bicyclic) bond motifs is 1. The van der Waals surface area contributed by atoms with Crippen LogP contribution in [0.15, 0.2) is 85.3 Å². The van der Waals surface area contributed by atoms with Crippen LogP contribution in [0.4, 0.5) is 27.1 Å². The van der Waals surface area contributed by atoms with E-state index in [0.717, 1.165) is 4.90 Å². The maximum atomic E-state index is 14.9. The smallest absolute Gasteiger partial charge is 0.274 e. The molecule has 3 aromatic carbocycles. The molecule has 1 atom stereocenters. The van der Waals surface area contributed by atoms with Gasteiger partial charge in [0.2, 0.25) is 17.7 Å². The van der Waals surface area contributed by atoms with Crippen LogP contribution in [0.2, 0.25) is 0 Å². The summed E-state index contributed by atoms with van der Waals surface area (Å²) in [6.07, 6.45) is 4.60. The molecule has 0 aliphatic carbocycles. The lowest BCUT2D eigenvalue weighted by molar-refractivity contribution is -0.136. The largest absolute Gasteiger partial charge is 0.496 e. The molecule has 2 saturated heterocycles. The first kappa shape index (κ1) is 40.7. The van der Waals surface area contributed by atoms with Crippen molar-refractivity contribution in [3.63, 3.8) is 0 Å². The Morgan fingerprint density at radius 3 is 2.52 bits per heavy atom. The summed E-state index contributed by atoms with van der Waals surface area (Å²) >= 11 is 0. The monoisotopic (exact) mass is 836 g/mol. The third-order valence-electron chi connectivity index (χ3n) is 10.9. The fourth-order valence-corrected chi connectivity index (χ4v) is 7.78. The molecule has 3 aliphatic rings. The molecule has 6 amide bonds. The predicted molar refractivity (Wildman–Crippen MR) is 223 cm³/mol. The Kier molecular flexibility index (Phi) is 11.3. The lowest BCUT2D eigenvalue weighted by Crippen LogP contribution is -2.54. The molecule has 0 saturated carbocycles. The van der Waals surface area contributed by atoms with Gasteiger partial charge in [0.25, 0.3) is 17.7 Å². The molecule has 312 valence electrons. The number of hydrogen-bond acceptors (Lipinski definition) is 12. The van der Waals surface area contributed by atoms with E-state index in [-0.39, 0.29) is 65.7 Å². The van der Waals surface area contributed by atoms with Crippen molar-refractivity contribution in [2.75, 3.05) is 55.4 Å². The summed E-state index contributed by atoms with van der Waals surface area (Å²) < 4.78 is 20.2. The van der Waals surface area contributed by atoms with Gasteiger partial charge in [-0.3, -0.25) is 44.0 Å². The van der Waals surface area contributed by atoms with Crippen LogP contribution in [0.5, 0.6) is 5.75 Å². The van der Waals surface area contributed by atoms with E-state index >= 15 is 0 Å². The third kappa shape index (κ3) is 7.86. The normalized spacial score (nSPS) is 16.1. The zero-order valence-electron chi connectivity index (χ0n) is 33.2. The number of nitrogens with one attached hydrogen (secondary N) is 3. The Balaban J connectivity index is 0.956. The van der Waals surface area contributed by atoms with Crippen molar-refractivity contribution in [3.05, 3.63) is 119 Å². The second kappa shape index (κ2) is 17.3. The highest BCUT2D eigenvalue weighted by molar-refractivity contribution is 6.25. The van der Waals surface area contributed by atoms with Crippen LogP contribution in [0.25, 0.3) is 27.4 Å². The molecule has 5 aromatic rings. The van der Waals surface area contributed by atoms with Crippen molar-refractivity contribution >= 4 is 58.2 Å². The van der Waals surface area contributed by atoms with Gasteiger partial charge in [-0.15, -0.1) is 0 Å². The Hall–Kier alpha value is -8.07. The number of methoxy groups -OCH3 is 1. The number of anilines is 3. The standard InChI is InChI=1S/C44H37FN10O7/c1-46-29-13-16-47-24-27(29)25-9-10-30(51-41(58)32-14-17-49-40(50-32)39-28(45)6-4-8-35(39)62-2)34(23-25)53-19-21-54(22-20-53)37(57)15-18-48-31-7-3-5-26-38(31)44(61)55(43(26)60)33-11-12-36(56)52-42(33)59/h3-10,13-14,16-17,23-24,33,48H,11-12,15,18-22H2,2H3,(H,51,58)(H,52,56,59). The first-order valence-electron chi connectivity index (χ1n) is 19.6. The molecule has 1 unspecified atom stereocenters. The Bertz CT molecular complexity index is 2710. The van der Waals surface area contributed by atoms with E-state index in [2.05, 4.69) is 35.7 Å². The van der Waals surface area contributed by atoms with Crippen LogP contribution in [0, 0.1) is 12.4 Å². The third-order valence-corrected chi connectivity index (χ3v) is 10.9. The minimum atomic E-state index is -1.10. The first-order chi connectivity index (χ1) is 30.1. The summed E-state index contributed by atoms with van der Waals surface area (Å²) in [6.45, 7) is 9.29. The highest BCUT2D eigenvalue weighted by Crippen LogP contribution is 2.37. The average molecular weight is 837 g/mol. The maximum Gasteiger partial charge on any atom is 0.274 e. The van der Waals surface area contributed by atoms with Gasteiger partial charge in [-0.25, -0.2) is 19.2 Å². The Labute approximate surface area is 353 Å². The number of piperidine rings is 1. The van der Waals surface area contributed by atoms with Gasteiger partial charge in [0.15, 0.2) is 11.5 Å². The Morgan fingerprint density at radius 2 is 1.74 bits per heavy atom. The summed E-state index contributed by atoms with van der Waals surface area (Å²) in [4.78, 5) is 99.2. The summed E-state index contributed by atoms with van der Waals surface area (Å²) in [6, 6.07) is 16.3. The molecule has 2 fully saturated rings. The molecule has 8 rings (SSSR count). The lowest BCUT2D eigenvalue weighted by Gasteiger charge is -2.37. The molecule has 5 heterocycles. The minimum absolute atomic E-state index is 0.00593. The van der Waals surface area contributed by atoms with E-state index in [9.17, 15) is 33.2 Å². The number of halogens is 1. The average Bonchev–Trinajstić information content (AvgIpc) is 3.55. The molecule has 0 radical (unpaired) electrons. The molecule has 0 spiro atoms. The molecule has 2 aromatic heterocycles. The minimum Gasteiger partial charge on any atom is -0.496 e. The first-order valence-corrected chi connectivity index (χ1v) is 19.6. The molecule has 17 nitrogen and oxygen atoms in total. The van der Waals surface area contributed by atoms with E-state index in [0.29, 0.717) is 60.1 Å². The van der Waals surface area contributed by atoms with Gasteiger partial charge in [0, 0.05) is 75.4 Å². The van der Waals surface area contributed by atoms with Crippen LogP contribution in [0.1, 0.15) is 50.5 Å². The second-order valence-corrected chi connectivity index (χ2v) is 14.5. The topological polar surface area (TPSA) is 200 Å². The second-order valence-electron chi connectivity index (χ2n) is 14.5. The molecular weight excluding hydrogens is 800 g/mol. The maximum absolute atomic E-state index is 14.9. The predicted octanol–water partition coefficient (Wildman–Crippen LogP) is 4.71. The quantitative estimate of drug-likeness (QED) is 0.123. The van der Waals surface area contributed by atoms with Crippen LogP contribution in [-0.4, -0.2) is 106 Å². The number of piperazine rings is 1. The van der Waals surface area contributed by atoms with E-state index in [1.807, 2.05) is 11.0 Å². The number of hydrogen-bond donors (Lipinski definition) is 3. The molecule has 0 bridgehead atoms. The number of rotatable bonds is 11. The van der Waals surface area contributed by atoms with E-state index in [1.54, 1.807) is 47.5 Å². The van der Waals surface area contributed by atoms with E-state index in [4.69, 9.17) is 11.3 Å². The lowest BCUT2D eigenvalue weighted by atomic mass is 10.0. The summed E-state index contributed by atoms with van der Waals surface area (Å²) in [5.74, 6) is -3.61. The molecular formula is C44H37FN10O7. The highest BCUT2D eigenvalue weighted by atomic mass is 19.1. The van der Waals surface area contributed by atoms with E-state index in [1.165, 1.54) is 43.8 Å². The zero-order chi connectivity index (χ0) is 43.5. The van der Waals surface area contributed by atoms with Crippen LogP contribution >= 0.6 is 0 Å². The van der Waals surface area contributed by atoms with Gasteiger partial charge in [0.05, 0.1) is 41.7 Å². The number of imide groups is 2. The number of amides is 6. The summed E-state index contributed by atoms with van der Waals surface area (Å²) in [7, 11) is 1.40. The van der Waals surface area contributed by atoms with Crippen LogP contribution < -0.4 is 25.6 Å². The van der Waals surface area contributed by atoms with Gasteiger partial charge in [0.1, 0.15) is 23.3 Å². The van der Waals surface area contributed by atoms with Crippen molar-refractivity contribution in [3.8, 4) is 28.3 Å². The summed E-state index contributed by atoms with van der Waals surface area (Å²) in [5, 5.41) is 8.25. The van der Waals surface area contributed by atoms with Crippen molar-refractivity contribution in [2.45, 2.75) is 25.3 Å². The molecule has 62 heavy (non-hydrogen) atoms. The van der Waals surface area contributed by atoms with Gasteiger partial charge in [-0.1, -0.05) is 18.2 Å². The molecule has 18 heteroatoms. The SMILES string of the molecule is [C-]#[N+]c1ccncc1-c1ccc(NC(=O)c2ccnc(-c3c(F)cccc3OC)n2)c(N2CCN(C(=O)CCNc3cccc4c3C(=O)N(C3CCC(=O)NC3=O)C4=O)CC2)c1. The van der Waals surface area contributed by atoms with Crippen LogP contribution in [0.3, 0.4) is 0 Å². The summed E-state index contributed by atoms with van der Waals surface area (Å²) in [5.41, 5.74) is 3.31. The number of nitrogens with zero attached hydrogens (tertiary/aromatic N) is 7. The van der Waals surface area contributed by atoms with Crippen molar-refractivity contribution in [2.24, 2.45) is 0 Å². The number of carbonyl (C=O) groups excluding carboxylic acids is 6. The van der Waals surface area contributed by atoms with Gasteiger partial charge in [-0.2, -0.15) is 0 Å². The zero-order valence-corrected chi connectivity index (χ0v) is 33.2. The van der Waals surface area contributed by atoms with Crippen molar-refractivity contribution in [1.29, 1.82) is 0 Å². The fraction of sp³-hybridized carbons (Fsp3) is 0.227. The van der Waals surface area contributed by atoms with Gasteiger partial charge < -0.3 is 25.2 Å². The molecule has 3 N–H and O–H groups in total. The van der Waals surface area contributed by atoms with Gasteiger partial charge in [-0.05, 0) is 60.5 Å². The van der Waals surface area contributed by atoms with Crippen molar-refractivity contribution < 1.29 is 37.9 Å². The van der Waals surface area contributed by atoms with Crippen LogP contribution in [-0.2, 0) is 14.4 Å². The fourth-order valence-electron chi connectivity index (χ4n) is 7.78.